The summed E-state index contributed by atoms with van der Waals surface area (Å²) in [7, 11) is 5.03. The first kappa shape index (κ1) is 20.5. The Balaban J connectivity index is 0.00000240. The third-order valence-electron chi connectivity index (χ3n) is 4.77. The van der Waals surface area contributed by atoms with Crippen molar-refractivity contribution in [2.45, 2.75) is 6.42 Å². The van der Waals surface area contributed by atoms with Crippen molar-refractivity contribution in [3.8, 4) is 5.69 Å². The Morgan fingerprint density at radius 3 is 2.66 bits per heavy atom. The van der Waals surface area contributed by atoms with Crippen LogP contribution in [-0.4, -0.2) is 44.2 Å². The number of carbonyl (C=O) groups is 1. The van der Waals surface area contributed by atoms with Gasteiger partial charge in [0, 0.05) is 38.1 Å². The number of nitrogens with zero attached hydrogens (tertiary/aromatic N) is 5. The molecule has 3 heterocycles. The van der Waals surface area contributed by atoms with Gasteiger partial charge in [-0.2, -0.15) is 9.78 Å². The molecule has 0 radical (unpaired) electrons. The van der Waals surface area contributed by atoms with E-state index in [2.05, 4.69) is 10.1 Å². The maximum Gasteiger partial charge on any atom is 0.296 e. The summed E-state index contributed by atoms with van der Waals surface area (Å²) in [6, 6.07) is 7.75. The molecule has 150 valence electrons. The molecule has 0 unspecified atom stereocenters. The molecular weight excluding hydrogens is 397 g/mol. The van der Waals surface area contributed by atoms with Crippen LogP contribution < -0.4 is 5.56 Å². The first-order valence-electron chi connectivity index (χ1n) is 8.69. The Bertz CT molecular complexity index is 1280. The zero-order valence-electron chi connectivity index (χ0n) is 16.1. The number of fused-ring (bicyclic) bond motifs is 3. The number of hydrogen-bond donors (Lipinski definition) is 0. The fourth-order valence-electron chi connectivity index (χ4n) is 3.35. The molecule has 0 N–H and O–H groups in total. The number of aryl methyl sites for hydroxylation is 1. The van der Waals surface area contributed by atoms with Crippen LogP contribution in [0.3, 0.4) is 0 Å². The maximum absolute atomic E-state index is 13.8. The molecule has 1 aromatic carbocycles. The molecule has 3 aromatic heterocycles. The SMILES string of the molecule is CN(C)C(=O)Cc1nn(-c2cccnc2)c(=O)c2c1c1ccc(F)cc1n2C.Cl. The fraction of sp³-hybridized carbons (Fsp3) is 0.200. The molecule has 7 nitrogen and oxygen atoms in total. The van der Waals surface area contributed by atoms with Crippen LogP contribution in [0.2, 0.25) is 0 Å². The molecule has 0 spiro atoms. The van der Waals surface area contributed by atoms with E-state index in [1.165, 1.54) is 27.9 Å². The predicted octanol–water partition coefficient (Wildman–Crippen LogP) is 2.46. The second-order valence-corrected chi connectivity index (χ2v) is 6.78. The van der Waals surface area contributed by atoms with Crippen LogP contribution in [0.5, 0.6) is 0 Å². The van der Waals surface area contributed by atoms with Crippen LogP contribution in [-0.2, 0) is 18.3 Å². The summed E-state index contributed by atoms with van der Waals surface area (Å²) in [5.41, 5.74) is 1.51. The van der Waals surface area contributed by atoms with Gasteiger partial charge >= 0.3 is 0 Å². The van der Waals surface area contributed by atoms with Crippen LogP contribution in [0, 0.1) is 5.82 Å². The van der Waals surface area contributed by atoms with Crippen molar-refractivity contribution in [2.75, 3.05) is 14.1 Å². The number of rotatable bonds is 3. The molecule has 1 amide bonds. The van der Waals surface area contributed by atoms with Gasteiger partial charge in [-0.05, 0) is 30.3 Å². The molecule has 4 rings (SSSR count). The van der Waals surface area contributed by atoms with E-state index >= 15 is 0 Å². The van der Waals surface area contributed by atoms with Crippen molar-refractivity contribution in [2.24, 2.45) is 7.05 Å². The summed E-state index contributed by atoms with van der Waals surface area (Å²) in [5, 5.41) is 5.74. The van der Waals surface area contributed by atoms with Crippen LogP contribution in [0.4, 0.5) is 4.39 Å². The second kappa shape index (κ2) is 7.63. The zero-order chi connectivity index (χ0) is 20.0. The number of halogens is 2. The molecular formula is C20H19ClFN5O2. The summed E-state index contributed by atoms with van der Waals surface area (Å²) < 4.78 is 16.7. The quantitative estimate of drug-likeness (QED) is 0.515. The molecule has 0 aliphatic heterocycles. The lowest BCUT2D eigenvalue weighted by atomic mass is 10.1. The van der Waals surface area contributed by atoms with Crippen molar-refractivity contribution < 1.29 is 9.18 Å². The average Bonchev–Trinajstić information content (AvgIpc) is 2.97. The number of likely N-dealkylation sites (N-methyl/N-ethyl adjacent to an activating group) is 1. The van der Waals surface area contributed by atoms with E-state index in [0.717, 1.165) is 0 Å². The molecule has 0 saturated heterocycles. The van der Waals surface area contributed by atoms with E-state index in [1.807, 2.05) is 0 Å². The zero-order valence-corrected chi connectivity index (χ0v) is 16.9. The highest BCUT2D eigenvalue weighted by Gasteiger charge is 2.21. The van der Waals surface area contributed by atoms with Crippen LogP contribution >= 0.6 is 12.4 Å². The van der Waals surface area contributed by atoms with Gasteiger partial charge in [0.15, 0.2) is 0 Å². The lowest BCUT2D eigenvalue weighted by Gasteiger charge is -2.12. The minimum Gasteiger partial charge on any atom is -0.348 e. The van der Waals surface area contributed by atoms with Crippen molar-refractivity contribution in [1.82, 2.24) is 24.2 Å². The molecule has 0 saturated carbocycles. The summed E-state index contributed by atoms with van der Waals surface area (Å²) in [4.78, 5) is 31.2. The van der Waals surface area contributed by atoms with Gasteiger partial charge in [-0.15, -0.1) is 12.4 Å². The topological polar surface area (TPSA) is 73.0 Å². The van der Waals surface area contributed by atoms with E-state index in [4.69, 9.17) is 0 Å². The lowest BCUT2D eigenvalue weighted by molar-refractivity contribution is -0.128. The highest BCUT2D eigenvalue weighted by Crippen LogP contribution is 2.29. The summed E-state index contributed by atoms with van der Waals surface area (Å²) >= 11 is 0. The Kier molecular flexibility index (Phi) is 5.39. The van der Waals surface area contributed by atoms with E-state index in [-0.39, 0.29) is 30.3 Å². The Morgan fingerprint density at radius 1 is 1.24 bits per heavy atom. The van der Waals surface area contributed by atoms with E-state index < -0.39 is 5.82 Å². The van der Waals surface area contributed by atoms with Gasteiger partial charge in [0.1, 0.15) is 11.3 Å². The van der Waals surface area contributed by atoms with E-state index in [0.29, 0.717) is 33.2 Å². The van der Waals surface area contributed by atoms with E-state index in [1.54, 1.807) is 50.1 Å². The monoisotopic (exact) mass is 415 g/mol. The lowest BCUT2D eigenvalue weighted by Crippen LogP contribution is -2.28. The number of amides is 1. The standard InChI is InChI=1S/C20H18FN5O2.ClH/c1-24(2)17(27)10-15-18-14-7-6-12(21)9-16(14)25(3)19(18)20(28)26(23-15)13-5-4-8-22-11-13;/h4-9,11H,10H2,1-3H3;1H. The van der Waals surface area contributed by atoms with Crippen LogP contribution in [0.15, 0.2) is 47.5 Å². The minimum atomic E-state index is -0.398. The normalized spacial score (nSPS) is 10.9. The molecule has 4 aromatic rings. The number of carbonyl (C=O) groups excluding carboxylic acids is 1. The van der Waals surface area contributed by atoms with Gasteiger partial charge in [0.05, 0.1) is 29.5 Å². The van der Waals surface area contributed by atoms with Crippen molar-refractivity contribution >= 4 is 40.1 Å². The number of hydrogen-bond acceptors (Lipinski definition) is 4. The van der Waals surface area contributed by atoms with Gasteiger partial charge in [-0.25, -0.2) is 4.39 Å². The fourth-order valence-corrected chi connectivity index (χ4v) is 3.35. The molecule has 29 heavy (non-hydrogen) atoms. The second-order valence-electron chi connectivity index (χ2n) is 6.78. The summed E-state index contributed by atoms with van der Waals surface area (Å²) in [6.07, 6.45) is 3.14. The average molecular weight is 416 g/mol. The maximum atomic E-state index is 13.8. The highest BCUT2D eigenvalue weighted by atomic mass is 35.5. The Morgan fingerprint density at radius 2 is 2.00 bits per heavy atom. The van der Waals surface area contributed by atoms with Gasteiger partial charge in [-0.3, -0.25) is 14.6 Å². The number of benzene rings is 1. The molecule has 0 aliphatic rings. The smallest absolute Gasteiger partial charge is 0.296 e. The van der Waals surface area contributed by atoms with Crippen LogP contribution in [0.1, 0.15) is 5.69 Å². The van der Waals surface area contributed by atoms with Gasteiger partial charge in [0.25, 0.3) is 5.56 Å². The third kappa shape index (κ3) is 3.36. The molecule has 0 aliphatic carbocycles. The Labute approximate surface area is 171 Å². The van der Waals surface area contributed by atoms with Crippen LogP contribution in [0.25, 0.3) is 27.5 Å². The molecule has 0 atom stereocenters. The predicted molar refractivity (Wildman–Crippen MR) is 111 cm³/mol. The van der Waals surface area contributed by atoms with Gasteiger partial charge < -0.3 is 9.47 Å². The highest BCUT2D eigenvalue weighted by molar-refractivity contribution is 6.09. The third-order valence-corrected chi connectivity index (χ3v) is 4.77. The first-order valence-corrected chi connectivity index (χ1v) is 8.69. The number of pyridine rings is 1. The summed E-state index contributed by atoms with van der Waals surface area (Å²) in [6.45, 7) is 0. The molecule has 9 heteroatoms. The van der Waals surface area contributed by atoms with Crippen molar-refractivity contribution in [3.63, 3.8) is 0 Å². The van der Waals surface area contributed by atoms with E-state index in [9.17, 15) is 14.0 Å². The van der Waals surface area contributed by atoms with Crippen molar-refractivity contribution in [3.05, 3.63) is 64.6 Å². The minimum absolute atomic E-state index is 0. The van der Waals surface area contributed by atoms with Gasteiger partial charge in [-0.1, -0.05) is 0 Å². The largest absolute Gasteiger partial charge is 0.348 e. The molecule has 0 fully saturated rings. The first-order chi connectivity index (χ1) is 13.4. The number of aromatic nitrogens is 4. The Hall–Kier alpha value is -3.26. The van der Waals surface area contributed by atoms with Crippen molar-refractivity contribution in [1.29, 1.82) is 0 Å². The summed E-state index contributed by atoms with van der Waals surface area (Å²) in [5.74, 6) is -0.547. The van der Waals surface area contributed by atoms with Gasteiger partial charge in [0.2, 0.25) is 5.91 Å². The molecule has 0 bridgehead atoms.